The number of fused-ring (bicyclic) bond motifs is 1. The third kappa shape index (κ3) is 4.03. The number of hydrogen-bond acceptors (Lipinski definition) is 3. The third-order valence-electron chi connectivity index (χ3n) is 4.58. The molecule has 0 unspecified atom stereocenters. The molecule has 3 N–H and O–H groups in total. The number of aryl methyl sites for hydroxylation is 2. The molecule has 0 spiro atoms. The van der Waals surface area contributed by atoms with Crippen LogP contribution in [0.5, 0.6) is 11.5 Å². The van der Waals surface area contributed by atoms with Gasteiger partial charge in [-0.3, -0.25) is 0 Å². The van der Waals surface area contributed by atoms with Gasteiger partial charge in [0.25, 0.3) is 0 Å². The molecule has 0 aliphatic carbocycles. The van der Waals surface area contributed by atoms with E-state index in [1.165, 1.54) is 24.3 Å². The number of H-pyrrole nitrogens is 1. The third-order valence-corrected chi connectivity index (χ3v) is 4.58. The largest absolute Gasteiger partial charge is 0.456 e. The van der Waals surface area contributed by atoms with Gasteiger partial charge in [-0.2, -0.15) is 0 Å². The van der Waals surface area contributed by atoms with Gasteiger partial charge in [0.1, 0.15) is 23.0 Å². The van der Waals surface area contributed by atoms with Crippen LogP contribution >= 0.6 is 0 Å². The van der Waals surface area contributed by atoms with Gasteiger partial charge in [-0.25, -0.2) is 14.2 Å². The number of anilines is 2. The highest BCUT2D eigenvalue weighted by atomic mass is 19.1. The molecule has 0 aliphatic rings. The summed E-state index contributed by atoms with van der Waals surface area (Å²) in [5.41, 5.74) is 3.95. The van der Waals surface area contributed by atoms with E-state index in [1.807, 2.05) is 26.0 Å². The quantitative estimate of drug-likeness (QED) is 0.415. The van der Waals surface area contributed by atoms with Crippen molar-refractivity contribution in [2.75, 3.05) is 10.6 Å². The molecular weight excluding hydrogens is 371 g/mol. The van der Waals surface area contributed by atoms with Gasteiger partial charge in [-0.15, -0.1) is 0 Å². The number of nitrogens with zero attached hydrogens (tertiary/aromatic N) is 1. The second-order valence-electron chi connectivity index (χ2n) is 6.62. The van der Waals surface area contributed by atoms with Gasteiger partial charge < -0.3 is 20.4 Å². The van der Waals surface area contributed by atoms with Gasteiger partial charge in [0.15, 0.2) is 0 Å². The van der Waals surface area contributed by atoms with Crippen molar-refractivity contribution in [3.8, 4) is 11.5 Å². The molecule has 4 rings (SSSR count). The van der Waals surface area contributed by atoms with Crippen molar-refractivity contribution in [1.29, 1.82) is 0 Å². The SMILES string of the molecule is Cc1[nH]c2nccc(Oc3cccc(NC(=O)Nc4ccc(F)cc4)c3)c2c1C. The molecule has 4 aromatic rings. The molecule has 2 aromatic carbocycles. The molecule has 0 bridgehead atoms. The molecule has 29 heavy (non-hydrogen) atoms. The molecule has 0 fully saturated rings. The zero-order valence-electron chi connectivity index (χ0n) is 15.9. The minimum Gasteiger partial charge on any atom is -0.456 e. The molecule has 2 heterocycles. The van der Waals surface area contributed by atoms with Crippen LogP contribution in [-0.2, 0) is 0 Å². The van der Waals surface area contributed by atoms with E-state index in [0.29, 0.717) is 22.9 Å². The van der Waals surface area contributed by atoms with Crippen LogP contribution < -0.4 is 15.4 Å². The number of aromatic nitrogens is 2. The normalized spacial score (nSPS) is 10.7. The molecule has 2 amide bonds. The van der Waals surface area contributed by atoms with Crippen molar-refractivity contribution in [3.05, 3.63) is 77.9 Å². The first-order valence-electron chi connectivity index (χ1n) is 9.05. The number of benzene rings is 2. The van der Waals surface area contributed by atoms with Crippen LogP contribution in [0, 0.1) is 19.7 Å². The van der Waals surface area contributed by atoms with E-state index >= 15 is 0 Å². The fraction of sp³-hybridized carbons (Fsp3) is 0.0909. The van der Waals surface area contributed by atoms with E-state index in [-0.39, 0.29) is 5.82 Å². The van der Waals surface area contributed by atoms with E-state index in [2.05, 4.69) is 20.6 Å². The summed E-state index contributed by atoms with van der Waals surface area (Å²) in [6.45, 7) is 4.01. The number of carbonyl (C=O) groups excluding carboxylic acids is 1. The first-order chi connectivity index (χ1) is 14.0. The van der Waals surface area contributed by atoms with E-state index in [1.54, 1.807) is 24.4 Å². The highest BCUT2D eigenvalue weighted by molar-refractivity contribution is 5.99. The Kier molecular flexibility index (Phi) is 4.87. The second-order valence-corrected chi connectivity index (χ2v) is 6.62. The van der Waals surface area contributed by atoms with Crippen molar-refractivity contribution < 1.29 is 13.9 Å². The summed E-state index contributed by atoms with van der Waals surface area (Å²) >= 11 is 0. The lowest BCUT2D eigenvalue weighted by molar-refractivity contribution is 0.262. The minimum atomic E-state index is -0.433. The van der Waals surface area contributed by atoms with Gasteiger partial charge >= 0.3 is 6.03 Å². The van der Waals surface area contributed by atoms with Gasteiger partial charge in [-0.05, 0) is 61.9 Å². The zero-order chi connectivity index (χ0) is 20.4. The fourth-order valence-corrected chi connectivity index (χ4v) is 3.04. The molecule has 2 aromatic heterocycles. The first kappa shape index (κ1) is 18.5. The van der Waals surface area contributed by atoms with Crippen molar-refractivity contribution in [3.63, 3.8) is 0 Å². The van der Waals surface area contributed by atoms with Crippen LogP contribution in [0.15, 0.2) is 60.8 Å². The molecule has 0 saturated heterocycles. The summed E-state index contributed by atoms with van der Waals surface area (Å²) in [7, 11) is 0. The smallest absolute Gasteiger partial charge is 0.323 e. The molecule has 7 heteroatoms. The topological polar surface area (TPSA) is 79.0 Å². The van der Waals surface area contributed by atoms with Crippen molar-refractivity contribution in [1.82, 2.24) is 9.97 Å². The van der Waals surface area contributed by atoms with Crippen molar-refractivity contribution >= 4 is 28.4 Å². The number of hydrogen-bond donors (Lipinski definition) is 3. The van der Waals surface area contributed by atoms with Crippen molar-refractivity contribution in [2.24, 2.45) is 0 Å². The van der Waals surface area contributed by atoms with E-state index in [0.717, 1.165) is 22.3 Å². The molecular formula is C22H19FN4O2. The number of rotatable bonds is 4. The molecule has 146 valence electrons. The maximum absolute atomic E-state index is 13.0. The highest BCUT2D eigenvalue weighted by Gasteiger charge is 2.12. The number of urea groups is 1. The van der Waals surface area contributed by atoms with Crippen LogP contribution in [0.3, 0.4) is 0 Å². The zero-order valence-corrected chi connectivity index (χ0v) is 15.9. The van der Waals surface area contributed by atoms with Gasteiger partial charge in [0.05, 0.1) is 5.39 Å². The predicted octanol–water partition coefficient (Wildman–Crippen LogP) is 5.76. The predicted molar refractivity (Wildman–Crippen MR) is 111 cm³/mol. The van der Waals surface area contributed by atoms with Crippen LogP contribution in [0.2, 0.25) is 0 Å². The van der Waals surface area contributed by atoms with Crippen LogP contribution in [0.25, 0.3) is 11.0 Å². The van der Waals surface area contributed by atoms with Gasteiger partial charge in [0, 0.05) is 29.3 Å². The minimum absolute atomic E-state index is 0.362. The number of carbonyl (C=O) groups is 1. The molecule has 6 nitrogen and oxygen atoms in total. The summed E-state index contributed by atoms with van der Waals surface area (Å²) in [6, 6.07) is 14.0. The maximum atomic E-state index is 13.0. The van der Waals surface area contributed by atoms with Crippen LogP contribution in [0.1, 0.15) is 11.3 Å². The monoisotopic (exact) mass is 390 g/mol. The first-order valence-corrected chi connectivity index (χ1v) is 9.05. The fourth-order valence-electron chi connectivity index (χ4n) is 3.04. The van der Waals surface area contributed by atoms with E-state index in [4.69, 9.17) is 4.74 Å². The van der Waals surface area contributed by atoms with Gasteiger partial charge in [-0.1, -0.05) is 6.07 Å². The summed E-state index contributed by atoms with van der Waals surface area (Å²) in [6.07, 6.45) is 1.69. The Morgan fingerprint density at radius 1 is 1.03 bits per heavy atom. The number of pyridine rings is 1. The number of ether oxygens (including phenoxy) is 1. The summed E-state index contributed by atoms with van der Waals surface area (Å²) in [5.74, 6) is 0.902. The Balaban J connectivity index is 1.51. The number of amides is 2. The highest BCUT2D eigenvalue weighted by Crippen LogP contribution is 2.33. The Labute approximate surface area is 166 Å². The maximum Gasteiger partial charge on any atom is 0.323 e. The van der Waals surface area contributed by atoms with E-state index in [9.17, 15) is 9.18 Å². The number of nitrogens with one attached hydrogen (secondary N) is 3. The average molecular weight is 390 g/mol. The molecule has 0 aliphatic heterocycles. The summed E-state index contributed by atoms with van der Waals surface area (Å²) in [4.78, 5) is 19.8. The Hall–Kier alpha value is -3.87. The lowest BCUT2D eigenvalue weighted by Crippen LogP contribution is -2.19. The average Bonchev–Trinajstić information content (AvgIpc) is 2.99. The number of aromatic amines is 1. The van der Waals surface area contributed by atoms with E-state index < -0.39 is 6.03 Å². The van der Waals surface area contributed by atoms with Crippen LogP contribution in [-0.4, -0.2) is 16.0 Å². The summed E-state index contributed by atoms with van der Waals surface area (Å²) in [5, 5.41) is 6.32. The molecule has 0 radical (unpaired) electrons. The van der Waals surface area contributed by atoms with Crippen molar-refractivity contribution in [2.45, 2.75) is 13.8 Å². The van der Waals surface area contributed by atoms with Gasteiger partial charge in [0.2, 0.25) is 0 Å². The second kappa shape index (κ2) is 7.63. The summed E-state index contributed by atoms with van der Waals surface area (Å²) < 4.78 is 19.0. The lowest BCUT2D eigenvalue weighted by atomic mass is 10.2. The molecule has 0 atom stereocenters. The molecule has 0 saturated carbocycles. The Bertz CT molecular complexity index is 1190. The number of halogens is 1. The van der Waals surface area contributed by atoms with Crippen LogP contribution in [0.4, 0.5) is 20.6 Å². The standard InChI is InChI=1S/C22H19FN4O2/c1-13-14(2)25-21-20(13)19(10-11-24-21)29-18-5-3-4-17(12-18)27-22(28)26-16-8-6-15(23)7-9-16/h3-12H,1-2H3,(H,24,25)(H2,26,27,28). The Morgan fingerprint density at radius 3 is 2.59 bits per heavy atom. The Morgan fingerprint density at radius 2 is 1.79 bits per heavy atom. The lowest BCUT2D eigenvalue weighted by Gasteiger charge is -2.11.